The molecule has 1 heterocycles. The highest BCUT2D eigenvalue weighted by Crippen LogP contribution is 2.14. The lowest BCUT2D eigenvalue weighted by atomic mass is 10.1. The van der Waals surface area contributed by atoms with Crippen molar-refractivity contribution in [2.75, 3.05) is 13.1 Å². The molecule has 2 atom stereocenters. The molecule has 0 aromatic carbocycles. The summed E-state index contributed by atoms with van der Waals surface area (Å²) >= 11 is 0. The van der Waals surface area contributed by atoms with Gasteiger partial charge in [0.2, 0.25) is 0 Å². The lowest BCUT2D eigenvalue weighted by Gasteiger charge is -2.42. The molecule has 1 fully saturated rings. The zero-order valence-corrected chi connectivity index (χ0v) is 8.49. The van der Waals surface area contributed by atoms with Gasteiger partial charge in [-0.1, -0.05) is 0 Å². The molecule has 1 N–H and O–H groups in total. The van der Waals surface area contributed by atoms with Crippen LogP contribution in [0, 0.1) is 0 Å². The van der Waals surface area contributed by atoms with E-state index in [1.54, 1.807) is 0 Å². The Bertz CT molecular complexity index is 137. The first-order valence-corrected chi connectivity index (χ1v) is 4.73. The van der Waals surface area contributed by atoms with E-state index in [-0.39, 0.29) is 12.1 Å². The van der Waals surface area contributed by atoms with Crippen LogP contribution >= 0.6 is 0 Å². The Morgan fingerprint density at radius 3 is 1.92 bits per heavy atom. The molecule has 72 valence electrons. The molecule has 0 spiro atoms. The Kier molecular flexibility index (Phi) is 3.09. The summed E-state index contributed by atoms with van der Waals surface area (Å²) in [6.45, 7) is 10.5. The maximum atomic E-state index is 9.55. The van der Waals surface area contributed by atoms with Gasteiger partial charge >= 0.3 is 0 Å². The van der Waals surface area contributed by atoms with Gasteiger partial charge in [-0.3, -0.25) is 4.90 Å². The van der Waals surface area contributed by atoms with Crippen LogP contribution in [-0.4, -0.2) is 46.4 Å². The predicted molar refractivity (Wildman–Crippen MR) is 49.3 cm³/mol. The van der Waals surface area contributed by atoms with Crippen molar-refractivity contribution in [1.29, 1.82) is 0 Å². The van der Waals surface area contributed by atoms with Crippen LogP contribution in [0.15, 0.2) is 0 Å². The molecule has 0 bridgehead atoms. The van der Waals surface area contributed by atoms with Crippen LogP contribution in [0.3, 0.4) is 0 Å². The van der Waals surface area contributed by atoms with Gasteiger partial charge < -0.3 is 5.21 Å². The van der Waals surface area contributed by atoms with Crippen molar-refractivity contribution in [3.05, 3.63) is 0 Å². The number of hydrogen-bond donors (Lipinski definition) is 1. The topological polar surface area (TPSA) is 26.7 Å². The SMILES string of the molecule is CC(C)N1C[C@H](C)N(O)[C@@H](C)C1. The Morgan fingerprint density at radius 1 is 1.17 bits per heavy atom. The molecular formula is C9H20N2O. The van der Waals surface area contributed by atoms with Gasteiger partial charge in [-0.15, -0.1) is 0 Å². The standard InChI is InChI=1S/C9H20N2O/c1-7(2)10-5-8(3)11(12)9(4)6-10/h7-9,12H,5-6H2,1-4H3/t8-,9-/m0/s1. The molecule has 1 saturated heterocycles. The van der Waals surface area contributed by atoms with Crippen molar-refractivity contribution in [2.24, 2.45) is 0 Å². The minimum atomic E-state index is 0.260. The zero-order valence-electron chi connectivity index (χ0n) is 8.49. The molecule has 0 aromatic rings. The normalized spacial score (nSPS) is 34.5. The average molecular weight is 172 g/mol. The fourth-order valence-electron chi connectivity index (χ4n) is 1.78. The van der Waals surface area contributed by atoms with Gasteiger partial charge in [0.05, 0.1) is 0 Å². The monoisotopic (exact) mass is 172 g/mol. The summed E-state index contributed by atoms with van der Waals surface area (Å²) in [7, 11) is 0. The number of piperazine rings is 1. The Hall–Kier alpha value is -0.120. The van der Waals surface area contributed by atoms with Crippen LogP contribution in [0.2, 0.25) is 0 Å². The third kappa shape index (κ3) is 1.97. The van der Waals surface area contributed by atoms with E-state index >= 15 is 0 Å². The van der Waals surface area contributed by atoms with E-state index in [1.807, 2.05) is 0 Å². The minimum Gasteiger partial charge on any atom is -0.313 e. The summed E-state index contributed by atoms with van der Waals surface area (Å²) in [5.41, 5.74) is 0. The van der Waals surface area contributed by atoms with E-state index in [0.29, 0.717) is 6.04 Å². The van der Waals surface area contributed by atoms with Gasteiger partial charge in [0.15, 0.2) is 0 Å². The Labute approximate surface area is 74.9 Å². The number of nitrogens with zero attached hydrogens (tertiary/aromatic N) is 2. The third-order valence-electron chi connectivity index (χ3n) is 2.63. The molecular weight excluding hydrogens is 152 g/mol. The minimum absolute atomic E-state index is 0.260. The first-order chi connectivity index (χ1) is 5.52. The van der Waals surface area contributed by atoms with Crippen molar-refractivity contribution < 1.29 is 5.21 Å². The molecule has 1 rings (SSSR count). The van der Waals surface area contributed by atoms with Crippen LogP contribution in [0.5, 0.6) is 0 Å². The van der Waals surface area contributed by atoms with E-state index in [2.05, 4.69) is 32.6 Å². The predicted octanol–water partition coefficient (Wildman–Crippen LogP) is 1.18. The summed E-state index contributed by atoms with van der Waals surface area (Å²) in [5, 5.41) is 11.0. The van der Waals surface area contributed by atoms with Crippen molar-refractivity contribution in [1.82, 2.24) is 9.96 Å². The van der Waals surface area contributed by atoms with Gasteiger partial charge in [0, 0.05) is 31.2 Å². The van der Waals surface area contributed by atoms with Gasteiger partial charge in [-0.25, -0.2) is 0 Å². The van der Waals surface area contributed by atoms with Crippen LogP contribution in [-0.2, 0) is 0 Å². The van der Waals surface area contributed by atoms with Crippen LogP contribution in [0.4, 0.5) is 0 Å². The summed E-state index contributed by atoms with van der Waals surface area (Å²) < 4.78 is 0. The Balaban J connectivity index is 2.53. The maximum Gasteiger partial charge on any atom is 0.0452 e. The van der Waals surface area contributed by atoms with Gasteiger partial charge in [-0.2, -0.15) is 5.06 Å². The first-order valence-electron chi connectivity index (χ1n) is 4.73. The highest BCUT2D eigenvalue weighted by Gasteiger charge is 2.28. The second-order valence-electron chi connectivity index (χ2n) is 4.13. The number of hydroxylamine groups is 2. The summed E-state index contributed by atoms with van der Waals surface area (Å²) in [4.78, 5) is 2.40. The fraction of sp³-hybridized carbons (Fsp3) is 1.00. The molecule has 3 heteroatoms. The van der Waals surface area contributed by atoms with Gasteiger partial charge in [0.1, 0.15) is 0 Å². The van der Waals surface area contributed by atoms with Crippen molar-refractivity contribution in [3.63, 3.8) is 0 Å². The van der Waals surface area contributed by atoms with Crippen LogP contribution in [0.1, 0.15) is 27.7 Å². The molecule has 0 saturated carbocycles. The van der Waals surface area contributed by atoms with Gasteiger partial charge in [-0.05, 0) is 27.7 Å². The summed E-state index contributed by atoms with van der Waals surface area (Å²) in [5.74, 6) is 0. The van der Waals surface area contributed by atoms with E-state index in [1.165, 1.54) is 5.06 Å². The Morgan fingerprint density at radius 2 is 1.58 bits per heavy atom. The molecule has 0 aromatic heterocycles. The summed E-state index contributed by atoms with van der Waals surface area (Å²) in [6, 6.07) is 1.11. The molecule has 0 radical (unpaired) electrons. The summed E-state index contributed by atoms with van der Waals surface area (Å²) in [6.07, 6.45) is 0. The quantitative estimate of drug-likeness (QED) is 0.643. The fourth-order valence-corrected chi connectivity index (χ4v) is 1.78. The highest BCUT2D eigenvalue weighted by atomic mass is 16.5. The average Bonchev–Trinajstić information content (AvgIpc) is 1.99. The smallest absolute Gasteiger partial charge is 0.0452 e. The third-order valence-corrected chi connectivity index (χ3v) is 2.63. The van der Waals surface area contributed by atoms with Crippen molar-refractivity contribution in [2.45, 2.75) is 45.8 Å². The number of hydrogen-bond acceptors (Lipinski definition) is 3. The first kappa shape index (κ1) is 9.96. The lowest BCUT2D eigenvalue weighted by Crippen LogP contribution is -2.56. The second kappa shape index (κ2) is 3.73. The second-order valence-corrected chi connectivity index (χ2v) is 4.13. The van der Waals surface area contributed by atoms with Crippen molar-refractivity contribution in [3.8, 4) is 0 Å². The van der Waals surface area contributed by atoms with E-state index in [4.69, 9.17) is 0 Å². The van der Waals surface area contributed by atoms with E-state index < -0.39 is 0 Å². The molecule has 0 aliphatic carbocycles. The zero-order chi connectivity index (χ0) is 9.30. The van der Waals surface area contributed by atoms with Crippen LogP contribution < -0.4 is 0 Å². The lowest BCUT2D eigenvalue weighted by molar-refractivity contribution is -0.183. The maximum absolute atomic E-state index is 9.55. The number of rotatable bonds is 1. The molecule has 0 amide bonds. The van der Waals surface area contributed by atoms with Crippen LogP contribution in [0.25, 0.3) is 0 Å². The van der Waals surface area contributed by atoms with E-state index in [0.717, 1.165) is 13.1 Å². The largest absolute Gasteiger partial charge is 0.313 e. The molecule has 12 heavy (non-hydrogen) atoms. The molecule has 1 aliphatic rings. The van der Waals surface area contributed by atoms with Gasteiger partial charge in [0.25, 0.3) is 0 Å². The molecule has 3 nitrogen and oxygen atoms in total. The molecule has 0 unspecified atom stereocenters. The highest BCUT2D eigenvalue weighted by molar-refractivity contribution is 4.81. The van der Waals surface area contributed by atoms with E-state index in [9.17, 15) is 5.21 Å². The molecule has 1 aliphatic heterocycles. The van der Waals surface area contributed by atoms with Crippen molar-refractivity contribution >= 4 is 0 Å².